The van der Waals surface area contributed by atoms with Crippen molar-refractivity contribution < 1.29 is 22.8 Å². The van der Waals surface area contributed by atoms with Gasteiger partial charge in [-0.1, -0.05) is 19.9 Å². The Morgan fingerprint density at radius 2 is 2.04 bits per heavy atom. The second-order valence-electron chi connectivity index (χ2n) is 7.57. The molecule has 0 aromatic carbocycles. The molecule has 2 heterocycles. The number of carbonyl (C=O) groups is 2. The minimum atomic E-state index is -4.55. The van der Waals surface area contributed by atoms with E-state index in [1.165, 1.54) is 4.90 Å². The Morgan fingerprint density at radius 3 is 2.58 bits per heavy atom. The molecule has 138 valence electrons. The molecule has 0 radical (unpaired) electrons. The normalized spacial score (nSPS) is 21.2. The van der Waals surface area contributed by atoms with Crippen molar-refractivity contribution in [2.75, 3.05) is 13.1 Å². The number of alkyl halides is 3. The molecular weight excluding hydrogens is 349 g/mol. The summed E-state index contributed by atoms with van der Waals surface area (Å²) in [6, 6.07) is 2.74. The zero-order chi connectivity index (χ0) is 19.3. The standard InChI is InChI=1S/C17H17F3N4O2/c1-15(2)8-16(5-11(6-21)14(15)26)9-23(10-16)13(25)7-24-4-3-12(22-24)17(18,19)20/h3-5H,7-10H2,1-2H3. The van der Waals surface area contributed by atoms with Crippen LogP contribution in [0.3, 0.4) is 0 Å². The summed E-state index contributed by atoms with van der Waals surface area (Å²) in [5.74, 6) is -0.555. The minimum Gasteiger partial charge on any atom is -0.339 e. The number of likely N-dealkylation sites (tertiary alicyclic amines) is 1. The maximum atomic E-state index is 12.6. The number of Topliss-reactive ketones (excluding diaryl/α,β-unsaturated/α-hetero) is 1. The van der Waals surface area contributed by atoms with Gasteiger partial charge in [-0.25, -0.2) is 0 Å². The Hall–Kier alpha value is -2.63. The first-order chi connectivity index (χ1) is 12.0. The SMILES string of the molecule is CC1(C)CC2(C=C(C#N)C1=O)CN(C(=O)Cn1ccc(C(F)(F)F)n1)C2. The zero-order valence-electron chi connectivity index (χ0n) is 14.3. The Balaban J connectivity index is 1.67. The maximum absolute atomic E-state index is 12.6. The van der Waals surface area contributed by atoms with Gasteiger partial charge < -0.3 is 4.90 Å². The molecule has 26 heavy (non-hydrogen) atoms. The Kier molecular flexibility index (Phi) is 3.98. The summed E-state index contributed by atoms with van der Waals surface area (Å²) >= 11 is 0. The first-order valence-electron chi connectivity index (χ1n) is 8.02. The van der Waals surface area contributed by atoms with Crippen molar-refractivity contribution in [2.45, 2.75) is 33.0 Å². The van der Waals surface area contributed by atoms with Crippen LogP contribution in [0.25, 0.3) is 0 Å². The summed E-state index contributed by atoms with van der Waals surface area (Å²) in [5, 5.41) is 12.5. The smallest absolute Gasteiger partial charge is 0.339 e. The van der Waals surface area contributed by atoms with Crippen molar-refractivity contribution in [3.63, 3.8) is 0 Å². The number of halogens is 3. The zero-order valence-corrected chi connectivity index (χ0v) is 14.3. The fraction of sp³-hybridized carbons (Fsp3) is 0.529. The van der Waals surface area contributed by atoms with Gasteiger partial charge in [0.05, 0.1) is 5.57 Å². The van der Waals surface area contributed by atoms with Gasteiger partial charge in [0.2, 0.25) is 5.91 Å². The van der Waals surface area contributed by atoms with Gasteiger partial charge in [0.15, 0.2) is 11.5 Å². The molecule has 0 bridgehead atoms. The lowest BCUT2D eigenvalue weighted by Gasteiger charge is -2.53. The van der Waals surface area contributed by atoms with E-state index in [0.29, 0.717) is 19.5 Å². The number of hydrogen-bond donors (Lipinski definition) is 0. The lowest BCUT2D eigenvalue weighted by Crippen LogP contribution is -2.61. The summed E-state index contributed by atoms with van der Waals surface area (Å²) in [6.07, 6.45) is -1.27. The second-order valence-corrected chi connectivity index (χ2v) is 7.57. The first-order valence-corrected chi connectivity index (χ1v) is 8.02. The third kappa shape index (κ3) is 3.11. The molecule has 1 aliphatic carbocycles. The maximum Gasteiger partial charge on any atom is 0.435 e. The number of amides is 1. The van der Waals surface area contributed by atoms with Crippen LogP contribution in [0.5, 0.6) is 0 Å². The molecule has 1 aromatic rings. The van der Waals surface area contributed by atoms with Gasteiger partial charge in [-0.05, 0) is 12.5 Å². The van der Waals surface area contributed by atoms with Crippen LogP contribution >= 0.6 is 0 Å². The van der Waals surface area contributed by atoms with Gasteiger partial charge in [0, 0.05) is 30.1 Å². The fourth-order valence-electron chi connectivity index (χ4n) is 3.76. The predicted octanol–water partition coefficient (Wildman–Crippen LogP) is 2.18. The monoisotopic (exact) mass is 366 g/mol. The molecule has 3 rings (SSSR count). The third-order valence-corrected chi connectivity index (χ3v) is 4.82. The molecule has 0 N–H and O–H groups in total. The Morgan fingerprint density at radius 1 is 1.38 bits per heavy atom. The molecular formula is C17H17F3N4O2. The van der Waals surface area contributed by atoms with Gasteiger partial charge in [-0.2, -0.15) is 23.5 Å². The van der Waals surface area contributed by atoms with Crippen LogP contribution in [0, 0.1) is 22.2 Å². The molecule has 9 heteroatoms. The number of rotatable bonds is 2. The van der Waals surface area contributed by atoms with Gasteiger partial charge in [0.25, 0.3) is 0 Å². The number of nitriles is 1. The van der Waals surface area contributed by atoms with E-state index in [-0.39, 0.29) is 23.8 Å². The number of allylic oxidation sites excluding steroid dienone is 1. The lowest BCUT2D eigenvalue weighted by atomic mass is 9.61. The van der Waals surface area contributed by atoms with Crippen molar-refractivity contribution in [1.29, 1.82) is 5.26 Å². The number of nitrogens with zero attached hydrogens (tertiary/aromatic N) is 4. The van der Waals surface area contributed by atoms with Crippen molar-refractivity contribution in [3.8, 4) is 6.07 Å². The highest BCUT2D eigenvalue weighted by Gasteiger charge is 2.52. The average Bonchev–Trinajstić information content (AvgIpc) is 2.96. The highest BCUT2D eigenvalue weighted by atomic mass is 19.4. The highest BCUT2D eigenvalue weighted by molar-refractivity contribution is 6.03. The first kappa shape index (κ1) is 18.2. The molecule has 0 saturated carbocycles. The van der Waals surface area contributed by atoms with Crippen molar-refractivity contribution in [3.05, 3.63) is 29.6 Å². The topological polar surface area (TPSA) is 79.0 Å². The van der Waals surface area contributed by atoms with Gasteiger partial charge in [0.1, 0.15) is 12.6 Å². The number of aromatic nitrogens is 2. The number of ketones is 1. The summed E-state index contributed by atoms with van der Waals surface area (Å²) in [7, 11) is 0. The molecule has 0 unspecified atom stereocenters. The molecule has 6 nitrogen and oxygen atoms in total. The van der Waals surface area contributed by atoms with E-state index in [1.807, 2.05) is 6.07 Å². The van der Waals surface area contributed by atoms with Gasteiger partial charge in [-0.3, -0.25) is 14.3 Å². The molecule has 1 saturated heterocycles. The lowest BCUT2D eigenvalue weighted by molar-refractivity contribution is -0.146. The Labute approximate surface area is 147 Å². The summed E-state index contributed by atoms with van der Waals surface area (Å²) in [6.45, 7) is 3.92. The summed E-state index contributed by atoms with van der Waals surface area (Å²) in [5.41, 5.74) is -2.05. The van der Waals surface area contributed by atoms with E-state index >= 15 is 0 Å². The molecule has 1 amide bonds. The largest absolute Gasteiger partial charge is 0.435 e. The summed E-state index contributed by atoms with van der Waals surface area (Å²) in [4.78, 5) is 26.0. The fourth-order valence-corrected chi connectivity index (χ4v) is 3.76. The number of carbonyl (C=O) groups excluding carboxylic acids is 2. The van der Waals surface area contributed by atoms with E-state index in [0.717, 1.165) is 16.9 Å². The molecule has 2 aliphatic rings. The van der Waals surface area contributed by atoms with E-state index in [1.54, 1.807) is 19.9 Å². The number of hydrogen-bond acceptors (Lipinski definition) is 4. The highest BCUT2D eigenvalue weighted by Crippen LogP contribution is 2.48. The molecule has 0 atom stereocenters. The van der Waals surface area contributed by atoms with Crippen LogP contribution in [0.2, 0.25) is 0 Å². The van der Waals surface area contributed by atoms with Crippen LogP contribution < -0.4 is 0 Å². The molecule has 1 aromatic heterocycles. The summed E-state index contributed by atoms with van der Waals surface area (Å²) < 4.78 is 38.6. The van der Waals surface area contributed by atoms with E-state index < -0.39 is 22.7 Å². The van der Waals surface area contributed by atoms with Gasteiger partial charge >= 0.3 is 6.18 Å². The van der Waals surface area contributed by atoms with Crippen LogP contribution in [0.1, 0.15) is 26.0 Å². The van der Waals surface area contributed by atoms with E-state index in [2.05, 4.69) is 5.10 Å². The van der Waals surface area contributed by atoms with Crippen molar-refractivity contribution >= 4 is 11.7 Å². The van der Waals surface area contributed by atoms with Gasteiger partial charge in [-0.15, -0.1) is 0 Å². The predicted molar refractivity (Wildman–Crippen MR) is 83.3 cm³/mol. The second kappa shape index (κ2) is 5.69. The molecule has 1 spiro atoms. The van der Waals surface area contributed by atoms with E-state index in [9.17, 15) is 22.8 Å². The van der Waals surface area contributed by atoms with Crippen LogP contribution in [0.4, 0.5) is 13.2 Å². The Bertz CT molecular complexity index is 839. The van der Waals surface area contributed by atoms with Crippen molar-refractivity contribution in [2.24, 2.45) is 10.8 Å². The van der Waals surface area contributed by atoms with Crippen LogP contribution in [-0.2, 0) is 22.3 Å². The van der Waals surface area contributed by atoms with Crippen molar-refractivity contribution in [1.82, 2.24) is 14.7 Å². The quantitative estimate of drug-likeness (QED) is 0.804. The third-order valence-electron chi connectivity index (χ3n) is 4.82. The van der Waals surface area contributed by atoms with E-state index in [4.69, 9.17) is 5.26 Å². The molecule has 1 aliphatic heterocycles. The molecule has 1 fully saturated rings. The average molecular weight is 366 g/mol. The minimum absolute atomic E-state index is 0.107. The van der Waals surface area contributed by atoms with Crippen LogP contribution in [-0.4, -0.2) is 39.5 Å². The van der Waals surface area contributed by atoms with Crippen LogP contribution in [0.15, 0.2) is 23.9 Å².